The molecule has 0 atom stereocenters. The van der Waals surface area contributed by atoms with Crippen LogP contribution in [0.15, 0.2) is 41.1 Å². The fourth-order valence-corrected chi connectivity index (χ4v) is 1.30. The molecule has 92 valence electrons. The molecule has 0 saturated heterocycles. The highest BCUT2D eigenvalue weighted by atomic mass is 16.5. The first kappa shape index (κ1) is 11.6. The summed E-state index contributed by atoms with van der Waals surface area (Å²) in [6.07, 6.45) is 1.37. The van der Waals surface area contributed by atoms with E-state index < -0.39 is 11.9 Å². The van der Waals surface area contributed by atoms with Gasteiger partial charge in [-0.2, -0.15) is 0 Å². The zero-order valence-electron chi connectivity index (χ0n) is 9.21. The molecule has 1 aromatic carbocycles. The van der Waals surface area contributed by atoms with Gasteiger partial charge in [0.2, 0.25) is 5.88 Å². The van der Waals surface area contributed by atoms with Crippen molar-refractivity contribution >= 4 is 23.5 Å². The van der Waals surface area contributed by atoms with E-state index in [0.29, 0.717) is 5.69 Å². The summed E-state index contributed by atoms with van der Waals surface area (Å²) in [5, 5.41) is 7.82. The van der Waals surface area contributed by atoms with Crippen molar-refractivity contribution in [1.82, 2.24) is 10.5 Å². The number of urea groups is 1. The minimum atomic E-state index is -0.722. The number of carbonyl (C=O) groups is 2. The predicted octanol–water partition coefficient (Wildman–Crippen LogP) is 1.22. The van der Waals surface area contributed by atoms with E-state index in [2.05, 4.69) is 20.3 Å². The van der Waals surface area contributed by atoms with E-state index in [9.17, 15) is 9.59 Å². The van der Waals surface area contributed by atoms with Gasteiger partial charge >= 0.3 is 6.03 Å². The molecule has 7 nitrogen and oxygen atoms in total. The van der Waals surface area contributed by atoms with Crippen molar-refractivity contribution in [2.75, 3.05) is 11.1 Å². The van der Waals surface area contributed by atoms with Gasteiger partial charge in [-0.25, -0.2) is 4.79 Å². The Hall–Kier alpha value is -2.83. The van der Waals surface area contributed by atoms with Crippen LogP contribution in [-0.4, -0.2) is 17.1 Å². The minimum Gasteiger partial charge on any atom is -0.398 e. The lowest BCUT2D eigenvalue weighted by molar-refractivity contribution is 0.0968. The second-order valence-corrected chi connectivity index (χ2v) is 3.37. The number of amides is 3. The van der Waals surface area contributed by atoms with E-state index in [1.54, 1.807) is 18.2 Å². The normalized spacial score (nSPS) is 9.78. The van der Waals surface area contributed by atoms with Crippen LogP contribution in [0.2, 0.25) is 0 Å². The Labute approximate surface area is 102 Å². The summed E-state index contributed by atoms with van der Waals surface area (Å²) in [6.45, 7) is 0. The predicted molar refractivity (Wildman–Crippen MR) is 63.8 cm³/mol. The Morgan fingerprint density at radius 2 is 2.00 bits per heavy atom. The van der Waals surface area contributed by atoms with E-state index in [1.165, 1.54) is 18.3 Å². The number of nitrogen functional groups attached to an aromatic ring is 1. The maximum absolute atomic E-state index is 11.7. The van der Waals surface area contributed by atoms with E-state index in [-0.39, 0.29) is 11.4 Å². The molecule has 0 unspecified atom stereocenters. The van der Waals surface area contributed by atoms with E-state index in [0.717, 1.165) is 0 Å². The molecule has 0 radical (unpaired) electrons. The first-order chi connectivity index (χ1) is 8.66. The smallest absolute Gasteiger partial charge is 0.328 e. The van der Waals surface area contributed by atoms with Crippen molar-refractivity contribution in [3.63, 3.8) is 0 Å². The molecule has 1 heterocycles. The molecular weight excluding hydrogens is 236 g/mol. The maximum Gasteiger partial charge on any atom is 0.328 e. The number of hydrogen-bond acceptors (Lipinski definition) is 5. The molecule has 0 fully saturated rings. The fourth-order valence-electron chi connectivity index (χ4n) is 1.30. The summed E-state index contributed by atoms with van der Waals surface area (Å²) in [7, 11) is 0. The number of hydrogen-bond donors (Lipinski definition) is 3. The van der Waals surface area contributed by atoms with Crippen molar-refractivity contribution in [3.05, 3.63) is 42.1 Å². The van der Waals surface area contributed by atoms with E-state index >= 15 is 0 Å². The van der Waals surface area contributed by atoms with Gasteiger partial charge < -0.3 is 10.3 Å². The third-order valence-corrected chi connectivity index (χ3v) is 2.11. The summed E-state index contributed by atoms with van der Waals surface area (Å²) in [5.41, 5.74) is 6.13. The van der Waals surface area contributed by atoms with Gasteiger partial charge in [-0.15, -0.1) is 0 Å². The first-order valence-corrected chi connectivity index (χ1v) is 5.04. The molecule has 2 rings (SSSR count). The quantitative estimate of drug-likeness (QED) is 0.690. The Morgan fingerprint density at radius 1 is 1.22 bits per heavy atom. The third-order valence-electron chi connectivity index (χ3n) is 2.11. The van der Waals surface area contributed by atoms with Crippen molar-refractivity contribution in [2.45, 2.75) is 0 Å². The van der Waals surface area contributed by atoms with Gasteiger partial charge in [0.05, 0.1) is 11.8 Å². The van der Waals surface area contributed by atoms with Crippen molar-refractivity contribution in [3.8, 4) is 0 Å². The van der Waals surface area contributed by atoms with Crippen LogP contribution < -0.4 is 16.4 Å². The second kappa shape index (κ2) is 5.00. The SMILES string of the molecule is Nc1ccccc1C(=O)NC(=O)Nc1ccno1. The number of aromatic nitrogens is 1. The monoisotopic (exact) mass is 246 g/mol. The summed E-state index contributed by atoms with van der Waals surface area (Å²) in [6, 6.07) is 7.16. The van der Waals surface area contributed by atoms with E-state index in [1.807, 2.05) is 0 Å². The van der Waals surface area contributed by atoms with Crippen molar-refractivity contribution < 1.29 is 14.1 Å². The molecule has 0 aliphatic heterocycles. The van der Waals surface area contributed by atoms with Crippen LogP contribution in [0.5, 0.6) is 0 Å². The molecule has 3 amide bonds. The zero-order valence-corrected chi connectivity index (χ0v) is 9.21. The highest BCUT2D eigenvalue weighted by Gasteiger charge is 2.13. The summed E-state index contributed by atoms with van der Waals surface area (Å²) in [5.74, 6) is -0.452. The molecule has 0 saturated carbocycles. The average molecular weight is 246 g/mol. The number of rotatable bonds is 2. The number of nitrogens with two attached hydrogens (primary N) is 1. The third kappa shape index (κ3) is 2.64. The number of imide groups is 1. The molecule has 4 N–H and O–H groups in total. The molecule has 0 bridgehead atoms. The van der Waals surface area contributed by atoms with E-state index in [4.69, 9.17) is 5.73 Å². The van der Waals surface area contributed by atoms with Gasteiger partial charge in [-0.3, -0.25) is 15.4 Å². The summed E-state index contributed by atoms with van der Waals surface area (Å²) in [4.78, 5) is 23.1. The second-order valence-electron chi connectivity index (χ2n) is 3.37. The topological polar surface area (TPSA) is 110 Å². The van der Waals surface area contributed by atoms with Gasteiger partial charge in [-0.05, 0) is 12.1 Å². The van der Waals surface area contributed by atoms with Crippen LogP contribution in [0.25, 0.3) is 0 Å². The van der Waals surface area contributed by atoms with Crippen molar-refractivity contribution in [1.29, 1.82) is 0 Å². The molecular formula is C11H10N4O3. The summed E-state index contributed by atoms with van der Waals surface area (Å²) < 4.78 is 4.66. The van der Waals surface area contributed by atoms with Crippen LogP contribution in [0.3, 0.4) is 0 Å². The van der Waals surface area contributed by atoms with Crippen LogP contribution in [0.4, 0.5) is 16.4 Å². The fraction of sp³-hybridized carbons (Fsp3) is 0. The molecule has 18 heavy (non-hydrogen) atoms. The molecule has 2 aromatic rings. The number of nitrogens with zero attached hydrogens (tertiary/aromatic N) is 1. The van der Waals surface area contributed by atoms with Gasteiger partial charge in [0.15, 0.2) is 0 Å². The minimum absolute atomic E-state index is 0.140. The van der Waals surface area contributed by atoms with Gasteiger partial charge in [0.25, 0.3) is 5.91 Å². The van der Waals surface area contributed by atoms with Crippen LogP contribution in [0.1, 0.15) is 10.4 Å². The lowest BCUT2D eigenvalue weighted by Crippen LogP contribution is -2.34. The van der Waals surface area contributed by atoms with Crippen LogP contribution in [-0.2, 0) is 0 Å². The Kier molecular flexibility index (Phi) is 3.24. The molecule has 7 heteroatoms. The first-order valence-electron chi connectivity index (χ1n) is 5.04. The lowest BCUT2D eigenvalue weighted by atomic mass is 10.2. The number of para-hydroxylation sites is 1. The van der Waals surface area contributed by atoms with Crippen molar-refractivity contribution in [2.24, 2.45) is 0 Å². The molecule has 0 spiro atoms. The standard InChI is InChI=1S/C11H10N4O3/c12-8-4-2-1-3-7(8)10(16)15-11(17)14-9-5-6-13-18-9/h1-6H,12H2,(H2,14,15,16,17). The maximum atomic E-state index is 11.7. The van der Waals surface area contributed by atoms with Crippen LogP contribution >= 0.6 is 0 Å². The molecule has 0 aliphatic carbocycles. The van der Waals surface area contributed by atoms with Crippen LogP contribution in [0, 0.1) is 0 Å². The largest absolute Gasteiger partial charge is 0.398 e. The van der Waals surface area contributed by atoms with Gasteiger partial charge in [0, 0.05) is 11.8 Å². The zero-order chi connectivity index (χ0) is 13.0. The number of carbonyl (C=O) groups excluding carboxylic acids is 2. The Morgan fingerprint density at radius 3 is 2.67 bits per heavy atom. The number of benzene rings is 1. The highest BCUT2D eigenvalue weighted by molar-refractivity contribution is 6.09. The lowest BCUT2D eigenvalue weighted by Gasteiger charge is -2.05. The average Bonchev–Trinajstić information content (AvgIpc) is 2.82. The molecule has 1 aromatic heterocycles. The number of anilines is 2. The highest BCUT2D eigenvalue weighted by Crippen LogP contribution is 2.10. The van der Waals surface area contributed by atoms with Gasteiger partial charge in [-0.1, -0.05) is 17.3 Å². The number of nitrogens with one attached hydrogen (secondary N) is 2. The Balaban J connectivity index is 2.00. The Bertz CT molecular complexity index is 565. The van der Waals surface area contributed by atoms with Gasteiger partial charge in [0.1, 0.15) is 0 Å². The summed E-state index contributed by atoms with van der Waals surface area (Å²) >= 11 is 0. The molecule has 0 aliphatic rings.